The molecule has 1 aliphatic heterocycles. The molecule has 152 valence electrons. The van der Waals surface area contributed by atoms with Crippen LogP contribution >= 0.6 is 0 Å². The number of nitrogens with one attached hydrogen (secondary N) is 3. The van der Waals surface area contributed by atoms with Crippen LogP contribution in [0.15, 0.2) is 36.4 Å². The fraction of sp³-hybridized carbons (Fsp3) is 0.500. The number of likely N-dealkylation sites (tertiary alicyclic amines) is 1. The Labute approximate surface area is 170 Å². The van der Waals surface area contributed by atoms with Gasteiger partial charge in [-0.3, -0.25) is 0 Å². The van der Waals surface area contributed by atoms with Crippen LogP contribution in [-0.4, -0.2) is 56.7 Å². The lowest BCUT2D eigenvalue weighted by atomic mass is 9.88. The zero-order valence-corrected chi connectivity index (χ0v) is 17.9. The van der Waals surface area contributed by atoms with Gasteiger partial charge in [0, 0.05) is 36.2 Å². The molecule has 0 unspecified atom stereocenters. The van der Waals surface area contributed by atoms with Crippen LogP contribution in [0, 0.1) is 6.92 Å². The second-order valence-corrected chi connectivity index (χ2v) is 7.87. The SMILES string of the molecule is C/C=C\C(=C/CNC)c1[nH]c2ccc(C3CCN(CCNC)CC3)cc2c1C. The number of fused-ring (bicyclic) bond motifs is 1. The third-order valence-corrected chi connectivity index (χ3v) is 5.98. The normalized spacial score (nSPS) is 17.2. The number of aryl methyl sites for hydroxylation is 1. The number of nitrogens with zero attached hydrogens (tertiary/aromatic N) is 1. The number of allylic oxidation sites excluding steroid dienone is 3. The minimum atomic E-state index is 0.683. The summed E-state index contributed by atoms with van der Waals surface area (Å²) in [4.78, 5) is 6.24. The molecule has 0 aliphatic carbocycles. The number of rotatable bonds is 8. The lowest BCUT2D eigenvalue weighted by Gasteiger charge is -2.32. The molecule has 2 aromatic rings. The monoisotopic (exact) mass is 380 g/mol. The number of aromatic nitrogens is 1. The fourth-order valence-electron chi connectivity index (χ4n) is 4.29. The largest absolute Gasteiger partial charge is 0.354 e. The summed E-state index contributed by atoms with van der Waals surface area (Å²) in [5.74, 6) is 0.683. The molecule has 0 saturated carbocycles. The molecule has 3 N–H and O–H groups in total. The van der Waals surface area contributed by atoms with E-state index in [9.17, 15) is 0 Å². The average molecular weight is 381 g/mol. The van der Waals surface area contributed by atoms with E-state index in [0.29, 0.717) is 5.92 Å². The lowest BCUT2D eigenvalue weighted by molar-refractivity contribution is 0.214. The highest BCUT2D eigenvalue weighted by molar-refractivity contribution is 5.91. The molecule has 1 aromatic carbocycles. The fourth-order valence-corrected chi connectivity index (χ4v) is 4.29. The Balaban J connectivity index is 1.81. The first-order chi connectivity index (χ1) is 13.7. The standard InChI is InChI=1S/C24H36N4/c1-5-6-20(9-12-25-3)24-18(2)22-17-21(7-8-23(22)27-24)19-10-14-28(15-11-19)16-13-26-4/h5-9,17,19,25-27H,10-16H2,1-4H3/b6-5-,20-9+. The zero-order chi connectivity index (χ0) is 19.9. The van der Waals surface area contributed by atoms with E-state index < -0.39 is 0 Å². The van der Waals surface area contributed by atoms with Gasteiger partial charge in [0.1, 0.15) is 0 Å². The van der Waals surface area contributed by atoms with Crippen molar-refractivity contribution < 1.29 is 0 Å². The van der Waals surface area contributed by atoms with Gasteiger partial charge in [0.05, 0.1) is 0 Å². The van der Waals surface area contributed by atoms with Crippen molar-refractivity contribution in [2.24, 2.45) is 0 Å². The van der Waals surface area contributed by atoms with E-state index in [1.807, 2.05) is 14.1 Å². The number of piperidine rings is 1. The van der Waals surface area contributed by atoms with Crippen LogP contribution in [0.4, 0.5) is 0 Å². The summed E-state index contributed by atoms with van der Waals surface area (Å²) in [6, 6.07) is 7.05. The maximum Gasteiger partial charge on any atom is 0.0491 e. The summed E-state index contributed by atoms with van der Waals surface area (Å²) in [5, 5.41) is 7.84. The topological polar surface area (TPSA) is 43.1 Å². The van der Waals surface area contributed by atoms with Crippen molar-refractivity contribution in [2.45, 2.75) is 32.6 Å². The Hall–Kier alpha value is -1.88. The maximum atomic E-state index is 3.66. The second-order valence-electron chi connectivity index (χ2n) is 7.87. The molecule has 0 atom stereocenters. The first-order valence-corrected chi connectivity index (χ1v) is 10.6. The summed E-state index contributed by atoms with van der Waals surface area (Å²) >= 11 is 0. The Bertz CT molecular complexity index is 822. The highest BCUT2D eigenvalue weighted by Gasteiger charge is 2.21. The third-order valence-electron chi connectivity index (χ3n) is 5.98. The molecular weight excluding hydrogens is 344 g/mol. The van der Waals surface area contributed by atoms with E-state index in [1.165, 1.54) is 59.2 Å². The van der Waals surface area contributed by atoms with Gasteiger partial charge in [-0.2, -0.15) is 0 Å². The summed E-state index contributed by atoms with van der Waals surface area (Å²) in [5.41, 5.74) is 6.58. The molecule has 4 heteroatoms. The van der Waals surface area contributed by atoms with Crippen molar-refractivity contribution >= 4 is 16.5 Å². The van der Waals surface area contributed by atoms with Crippen molar-refractivity contribution in [1.82, 2.24) is 20.5 Å². The Kier molecular flexibility index (Phi) is 7.49. The molecule has 0 spiro atoms. The van der Waals surface area contributed by atoms with Gasteiger partial charge in [0.25, 0.3) is 0 Å². The molecule has 1 aromatic heterocycles. The minimum absolute atomic E-state index is 0.683. The van der Waals surface area contributed by atoms with Gasteiger partial charge in [-0.25, -0.2) is 0 Å². The summed E-state index contributed by atoms with van der Waals surface area (Å²) in [7, 11) is 4.02. The van der Waals surface area contributed by atoms with Crippen molar-refractivity contribution in [2.75, 3.05) is 46.8 Å². The zero-order valence-electron chi connectivity index (χ0n) is 17.9. The molecule has 2 heterocycles. The molecule has 28 heavy (non-hydrogen) atoms. The summed E-state index contributed by atoms with van der Waals surface area (Å²) in [6.07, 6.45) is 9.07. The van der Waals surface area contributed by atoms with Gasteiger partial charge >= 0.3 is 0 Å². The molecule has 1 aliphatic rings. The summed E-state index contributed by atoms with van der Waals surface area (Å²) in [6.45, 7) is 9.85. The van der Waals surface area contributed by atoms with E-state index in [-0.39, 0.29) is 0 Å². The van der Waals surface area contributed by atoms with Gasteiger partial charge in [-0.15, -0.1) is 0 Å². The van der Waals surface area contributed by atoms with Gasteiger partial charge in [-0.05, 0) is 88.6 Å². The van der Waals surface area contributed by atoms with E-state index >= 15 is 0 Å². The highest BCUT2D eigenvalue weighted by atomic mass is 15.1. The van der Waals surface area contributed by atoms with Crippen LogP contribution in [0.1, 0.15) is 42.5 Å². The quantitative estimate of drug-likeness (QED) is 0.605. The van der Waals surface area contributed by atoms with Gasteiger partial charge in [-0.1, -0.05) is 24.3 Å². The van der Waals surface area contributed by atoms with Crippen LogP contribution in [0.25, 0.3) is 16.5 Å². The van der Waals surface area contributed by atoms with Crippen LogP contribution in [0.5, 0.6) is 0 Å². The van der Waals surface area contributed by atoms with E-state index in [0.717, 1.165) is 19.6 Å². The number of likely N-dealkylation sites (N-methyl/N-ethyl adjacent to an activating group) is 2. The van der Waals surface area contributed by atoms with E-state index in [1.54, 1.807) is 0 Å². The number of benzene rings is 1. The molecule has 0 radical (unpaired) electrons. The highest BCUT2D eigenvalue weighted by Crippen LogP contribution is 2.33. The maximum absolute atomic E-state index is 3.66. The van der Waals surface area contributed by atoms with Crippen molar-refractivity contribution in [1.29, 1.82) is 0 Å². The first-order valence-electron chi connectivity index (χ1n) is 10.6. The Morgan fingerprint density at radius 1 is 1.21 bits per heavy atom. The van der Waals surface area contributed by atoms with Crippen LogP contribution in [0.2, 0.25) is 0 Å². The third kappa shape index (κ3) is 4.75. The van der Waals surface area contributed by atoms with Gasteiger partial charge in [0.2, 0.25) is 0 Å². The average Bonchev–Trinajstić information content (AvgIpc) is 3.06. The van der Waals surface area contributed by atoms with Crippen LogP contribution in [-0.2, 0) is 0 Å². The predicted octanol–water partition coefficient (Wildman–Crippen LogP) is 4.05. The Morgan fingerprint density at radius 2 is 2.00 bits per heavy atom. The van der Waals surface area contributed by atoms with Gasteiger partial charge < -0.3 is 20.5 Å². The van der Waals surface area contributed by atoms with E-state index in [4.69, 9.17) is 0 Å². The van der Waals surface area contributed by atoms with Crippen molar-refractivity contribution in [3.8, 4) is 0 Å². The second kappa shape index (κ2) is 10.1. The molecule has 0 bridgehead atoms. The molecule has 0 amide bonds. The number of hydrogen-bond acceptors (Lipinski definition) is 3. The first kappa shape index (κ1) is 20.8. The minimum Gasteiger partial charge on any atom is -0.354 e. The number of aromatic amines is 1. The Morgan fingerprint density at radius 3 is 2.68 bits per heavy atom. The molecular formula is C24H36N4. The van der Waals surface area contributed by atoms with Gasteiger partial charge in [0.15, 0.2) is 0 Å². The smallest absolute Gasteiger partial charge is 0.0491 e. The molecule has 1 saturated heterocycles. The van der Waals surface area contributed by atoms with Crippen LogP contribution in [0.3, 0.4) is 0 Å². The molecule has 4 nitrogen and oxygen atoms in total. The molecule has 1 fully saturated rings. The van der Waals surface area contributed by atoms with Crippen molar-refractivity contribution in [3.63, 3.8) is 0 Å². The number of hydrogen-bond donors (Lipinski definition) is 3. The molecule has 3 rings (SSSR count). The van der Waals surface area contributed by atoms with E-state index in [2.05, 4.69) is 70.8 Å². The lowest BCUT2D eigenvalue weighted by Crippen LogP contribution is -2.37. The number of H-pyrrole nitrogens is 1. The van der Waals surface area contributed by atoms with Crippen molar-refractivity contribution in [3.05, 3.63) is 53.2 Å². The predicted molar refractivity (Wildman–Crippen MR) is 122 cm³/mol. The summed E-state index contributed by atoms with van der Waals surface area (Å²) < 4.78 is 0. The van der Waals surface area contributed by atoms with Crippen LogP contribution < -0.4 is 10.6 Å².